The highest BCUT2D eigenvalue weighted by Crippen LogP contribution is 2.36. The molecule has 0 aliphatic rings. The van der Waals surface area contributed by atoms with Crippen molar-refractivity contribution >= 4 is 56.6 Å². The minimum atomic E-state index is -3.87. The van der Waals surface area contributed by atoms with Crippen molar-refractivity contribution in [3.05, 3.63) is 76.3 Å². The van der Waals surface area contributed by atoms with E-state index in [1.54, 1.807) is 50.2 Å². The van der Waals surface area contributed by atoms with Gasteiger partial charge in [0.05, 0.1) is 24.5 Å². The van der Waals surface area contributed by atoms with Gasteiger partial charge in [-0.1, -0.05) is 11.6 Å². The number of halogens is 1. The van der Waals surface area contributed by atoms with E-state index in [9.17, 15) is 18.0 Å². The average Bonchev–Trinajstić information content (AvgIpc) is 2.96. The fourth-order valence-electron chi connectivity index (χ4n) is 3.80. The second-order valence-corrected chi connectivity index (χ2v) is 10.8. The standard InChI is InChI=1S/C28H33ClN6O7S/c1-4-40-24-14-21(35-43(38,39)32-3)12-18(26(24)42-16-25(36)41-5-2)15-33-23-11-8-19(29)13-22(23)28(37)34-20-9-6-17(7-10-20)27(30)31/h6-14,32-33,35H,4-5,15-16H2,1-3H3,(H3,30,31)(H,34,37). The van der Waals surface area contributed by atoms with E-state index in [1.165, 1.54) is 25.2 Å². The van der Waals surface area contributed by atoms with Gasteiger partial charge < -0.3 is 30.6 Å². The molecule has 7 N–H and O–H groups in total. The van der Waals surface area contributed by atoms with Crippen LogP contribution in [0.2, 0.25) is 5.02 Å². The molecule has 15 heteroatoms. The SMILES string of the molecule is CCOC(=O)COc1c(CNc2ccc(Cl)cc2C(=O)Nc2ccc(C(=N)N)cc2)cc(NS(=O)(=O)NC)cc1OCC. The Hall–Kier alpha value is -4.53. The van der Waals surface area contributed by atoms with E-state index in [0.717, 1.165) is 0 Å². The maximum absolute atomic E-state index is 13.2. The maximum Gasteiger partial charge on any atom is 0.344 e. The zero-order chi connectivity index (χ0) is 31.6. The largest absolute Gasteiger partial charge is 0.490 e. The zero-order valence-corrected chi connectivity index (χ0v) is 25.3. The third-order valence-corrected chi connectivity index (χ3v) is 7.02. The fourth-order valence-corrected chi connectivity index (χ4v) is 4.50. The van der Waals surface area contributed by atoms with Crippen LogP contribution in [-0.2, 0) is 26.3 Å². The van der Waals surface area contributed by atoms with Crippen molar-refractivity contribution in [2.24, 2.45) is 5.73 Å². The molecule has 230 valence electrons. The molecule has 13 nitrogen and oxygen atoms in total. The number of benzene rings is 3. The van der Waals surface area contributed by atoms with Crippen molar-refractivity contribution in [2.45, 2.75) is 20.4 Å². The molecule has 3 aromatic carbocycles. The van der Waals surface area contributed by atoms with E-state index < -0.39 is 28.7 Å². The smallest absolute Gasteiger partial charge is 0.344 e. The van der Waals surface area contributed by atoms with Gasteiger partial charge in [0.15, 0.2) is 18.1 Å². The summed E-state index contributed by atoms with van der Waals surface area (Å²) in [5.74, 6) is -0.801. The quantitative estimate of drug-likeness (QED) is 0.0822. The molecule has 3 rings (SSSR count). The van der Waals surface area contributed by atoms with Crippen LogP contribution < -0.4 is 35.3 Å². The summed E-state index contributed by atoms with van der Waals surface area (Å²) in [6.45, 7) is 3.40. The summed E-state index contributed by atoms with van der Waals surface area (Å²) < 4.78 is 45.5. The molecule has 0 bridgehead atoms. The maximum atomic E-state index is 13.2. The number of amidine groups is 1. The van der Waals surface area contributed by atoms with Crippen LogP contribution in [0.15, 0.2) is 54.6 Å². The Bertz CT molecular complexity index is 1580. The van der Waals surface area contributed by atoms with Gasteiger partial charge in [-0.25, -0.2) is 9.52 Å². The number of hydrogen-bond acceptors (Lipinski definition) is 9. The molecule has 3 aromatic rings. The van der Waals surface area contributed by atoms with E-state index >= 15 is 0 Å². The van der Waals surface area contributed by atoms with E-state index in [2.05, 4.69) is 20.1 Å². The van der Waals surface area contributed by atoms with Crippen LogP contribution in [0.5, 0.6) is 11.5 Å². The summed E-state index contributed by atoms with van der Waals surface area (Å²) in [4.78, 5) is 25.3. The number of carbonyl (C=O) groups is 2. The van der Waals surface area contributed by atoms with Crippen LogP contribution in [0.25, 0.3) is 0 Å². The summed E-state index contributed by atoms with van der Waals surface area (Å²) in [5.41, 5.74) is 7.68. The van der Waals surface area contributed by atoms with E-state index in [4.69, 9.17) is 37.0 Å². The van der Waals surface area contributed by atoms with Crippen LogP contribution in [0.3, 0.4) is 0 Å². The zero-order valence-electron chi connectivity index (χ0n) is 23.7. The molecule has 0 saturated heterocycles. The van der Waals surface area contributed by atoms with Crippen molar-refractivity contribution in [1.82, 2.24) is 4.72 Å². The van der Waals surface area contributed by atoms with Gasteiger partial charge in [-0.15, -0.1) is 0 Å². The molecule has 0 atom stereocenters. The van der Waals surface area contributed by atoms with E-state index in [0.29, 0.717) is 27.5 Å². The first-order chi connectivity index (χ1) is 20.5. The molecule has 43 heavy (non-hydrogen) atoms. The van der Waals surface area contributed by atoms with Crippen LogP contribution in [-0.4, -0.2) is 53.0 Å². The van der Waals surface area contributed by atoms with Gasteiger partial charge in [0, 0.05) is 47.2 Å². The number of carbonyl (C=O) groups excluding carboxylic acids is 2. The second kappa shape index (κ2) is 15.1. The first kappa shape index (κ1) is 33.0. The number of ether oxygens (including phenoxy) is 3. The summed E-state index contributed by atoms with van der Waals surface area (Å²) in [6, 6.07) is 14.1. The Morgan fingerprint density at radius 3 is 2.33 bits per heavy atom. The molecule has 0 fully saturated rings. The van der Waals surface area contributed by atoms with Crippen molar-refractivity contribution in [2.75, 3.05) is 42.2 Å². The van der Waals surface area contributed by atoms with Crippen LogP contribution in [0.4, 0.5) is 17.1 Å². The van der Waals surface area contributed by atoms with Crippen LogP contribution in [0, 0.1) is 5.41 Å². The summed E-state index contributed by atoms with van der Waals surface area (Å²) in [7, 11) is -2.61. The molecule has 1 amide bonds. The van der Waals surface area contributed by atoms with Gasteiger partial charge >= 0.3 is 5.97 Å². The number of nitrogens with two attached hydrogens (primary N) is 1. The fraction of sp³-hybridized carbons (Fsp3) is 0.250. The normalized spacial score (nSPS) is 10.9. The first-order valence-corrected chi connectivity index (χ1v) is 14.9. The first-order valence-electron chi connectivity index (χ1n) is 13.0. The van der Waals surface area contributed by atoms with Crippen molar-refractivity contribution in [3.63, 3.8) is 0 Å². The molecule has 0 unspecified atom stereocenters. The molecule has 0 radical (unpaired) electrons. The number of nitrogen functional groups attached to an aromatic ring is 1. The lowest BCUT2D eigenvalue weighted by atomic mass is 10.1. The number of nitrogens with one attached hydrogen (secondary N) is 5. The number of anilines is 3. The highest BCUT2D eigenvalue weighted by molar-refractivity contribution is 7.90. The number of rotatable bonds is 15. The third kappa shape index (κ3) is 9.49. The second-order valence-electron chi connectivity index (χ2n) is 8.79. The Morgan fingerprint density at radius 2 is 1.70 bits per heavy atom. The lowest BCUT2D eigenvalue weighted by Gasteiger charge is -2.19. The number of esters is 1. The van der Waals surface area contributed by atoms with Gasteiger partial charge in [0.1, 0.15) is 5.84 Å². The molecule has 0 heterocycles. The van der Waals surface area contributed by atoms with E-state index in [-0.39, 0.29) is 48.3 Å². The highest BCUT2D eigenvalue weighted by atomic mass is 35.5. The van der Waals surface area contributed by atoms with Crippen LogP contribution in [0.1, 0.15) is 35.3 Å². The van der Waals surface area contributed by atoms with Gasteiger partial charge in [-0.05, 0) is 62.4 Å². The lowest BCUT2D eigenvalue weighted by Crippen LogP contribution is -2.26. The van der Waals surface area contributed by atoms with Crippen molar-refractivity contribution in [1.29, 1.82) is 5.41 Å². The molecular formula is C28H33ClN6O7S. The minimum Gasteiger partial charge on any atom is -0.490 e. The molecule has 0 aliphatic heterocycles. The molecule has 0 aliphatic carbocycles. The minimum absolute atomic E-state index is 0.0164. The van der Waals surface area contributed by atoms with Gasteiger partial charge in [-0.2, -0.15) is 8.42 Å². The lowest BCUT2D eigenvalue weighted by molar-refractivity contribution is -0.145. The van der Waals surface area contributed by atoms with Gasteiger partial charge in [0.2, 0.25) is 0 Å². The molecular weight excluding hydrogens is 600 g/mol. The monoisotopic (exact) mass is 632 g/mol. The van der Waals surface area contributed by atoms with Crippen LogP contribution >= 0.6 is 11.6 Å². The Balaban J connectivity index is 1.95. The van der Waals surface area contributed by atoms with Crippen molar-refractivity contribution < 1.29 is 32.2 Å². The Kier molecular flexibility index (Phi) is 11.6. The topological polar surface area (TPSA) is 194 Å². The predicted molar refractivity (Wildman–Crippen MR) is 166 cm³/mol. The Morgan fingerprint density at radius 1 is 0.977 bits per heavy atom. The predicted octanol–water partition coefficient (Wildman–Crippen LogP) is 3.71. The molecule has 0 aromatic heterocycles. The Labute approximate surface area is 254 Å². The van der Waals surface area contributed by atoms with Gasteiger partial charge in [0.25, 0.3) is 16.1 Å². The number of amides is 1. The summed E-state index contributed by atoms with van der Waals surface area (Å²) >= 11 is 6.21. The molecule has 0 saturated carbocycles. The van der Waals surface area contributed by atoms with Gasteiger partial charge in [-0.3, -0.25) is 14.9 Å². The number of hydrogen-bond donors (Lipinski definition) is 6. The highest BCUT2D eigenvalue weighted by Gasteiger charge is 2.20. The average molecular weight is 633 g/mol. The van der Waals surface area contributed by atoms with Crippen molar-refractivity contribution in [3.8, 4) is 11.5 Å². The summed E-state index contributed by atoms with van der Waals surface area (Å²) in [6.07, 6.45) is 0. The third-order valence-electron chi connectivity index (χ3n) is 5.74. The molecule has 0 spiro atoms. The van der Waals surface area contributed by atoms with E-state index in [1.807, 2.05) is 0 Å². The summed E-state index contributed by atoms with van der Waals surface area (Å²) in [5, 5.41) is 13.8.